The third-order valence-corrected chi connectivity index (χ3v) is 8.35. The highest BCUT2D eigenvalue weighted by molar-refractivity contribution is 7.15. The zero-order valence-electron chi connectivity index (χ0n) is 21.7. The number of aliphatic hydroxyl groups is 1. The first kappa shape index (κ1) is 26.4. The van der Waals surface area contributed by atoms with Gasteiger partial charge in [0.25, 0.3) is 5.91 Å². The molecule has 8 heteroatoms. The average Bonchev–Trinajstić information content (AvgIpc) is 3.45. The maximum atomic E-state index is 14.8. The predicted molar refractivity (Wildman–Crippen MR) is 147 cm³/mol. The molecule has 0 bridgehead atoms. The Hall–Kier alpha value is -3.23. The lowest BCUT2D eigenvalue weighted by molar-refractivity contribution is -0.145. The lowest BCUT2D eigenvalue weighted by Crippen LogP contribution is -2.57. The Morgan fingerprint density at radius 3 is 2.66 bits per heavy atom. The summed E-state index contributed by atoms with van der Waals surface area (Å²) in [4.78, 5) is 25.2. The van der Waals surface area contributed by atoms with E-state index in [0.717, 1.165) is 16.0 Å². The van der Waals surface area contributed by atoms with Crippen LogP contribution in [-0.4, -0.2) is 52.0 Å². The molecule has 5 nitrogen and oxygen atoms in total. The normalized spacial score (nSPS) is 22.3. The van der Waals surface area contributed by atoms with Gasteiger partial charge in [-0.1, -0.05) is 69.8 Å². The number of benzene rings is 2. The minimum atomic E-state index is -1.47. The van der Waals surface area contributed by atoms with Gasteiger partial charge in [-0.3, -0.25) is 9.79 Å². The molecule has 2 aliphatic rings. The minimum Gasteiger partial charge on any atom is -0.377 e. The summed E-state index contributed by atoms with van der Waals surface area (Å²) < 4.78 is 29.1. The number of aromatic nitrogens is 1. The van der Waals surface area contributed by atoms with Crippen molar-refractivity contribution in [3.63, 3.8) is 0 Å². The Morgan fingerprint density at radius 1 is 1.24 bits per heavy atom. The van der Waals surface area contributed by atoms with Crippen LogP contribution in [0.1, 0.15) is 48.5 Å². The van der Waals surface area contributed by atoms with E-state index < -0.39 is 35.6 Å². The summed E-state index contributed by atoms with van der Waals surface area (Å²) in [5.41, 5.74) is 2.85. The summed E-state index contributed by atoms with van der Waals surface area (Å²) in [7, 11) is 0. The zero-order chi connectivity index (χ0) is 27.2. The molecule has 4 atom stereocenters. The van der Waals surface area contributed by atoms with Crippen molar-refractivity contribution in [2.45, 2.75) is 45.5 Å². The Labute approximate surface area is 225 Å². The summed E-state index contributed by atoms with van der Waals surface area (Å²) in [5.74, 6) is -1.51. The molecule has 3 heterocycles. The van der Waals surface area contributed by atoms with Crippen molar-refractivity contribution in [1.29, 1.82) is 0 Å². The maximum Gasteiger partial charge on any atom is 0.257 e. The van der Waals surface area contributed by atoms with E-state index in [9.17, 15) is 18.7 Å². The van der Waals surface area contributed by atoms with Crippen LogP contribution < -0.4 is 0 Å². The number of carbonyl (C=O) groups is 1. The fourth-order valence-electron chi connectivity index (χ4n) is 5.45. The zero-order valence-corrected chi connectivity index (χ0v) is 22.5. The molecule has 1 saturated heterocycles. The second kappa shape index (κ2) is 10.2. The molecule has 1 unspecified atom stereocenters. The Morgan fingerprint density at radius 2 is 1.97 bits per heavy atom. The fourth-order valence-corrected chi connectivity index (χ4v) is 6.62. The van der Waals surface area contributed by atoms with Crippen molar-refractivity contribution in [3.05, 3.63) is 82.6 Å². The number of nitrogens with zero attached hydrogens (tertiary/aromatic N) is 3. The van der Waals surface area contributed by atoms with Crippen LogP contribution in [0.5, 0.6) is 0 Å². The first-order valence-corrected chi connectivity index (χ1v) is 13.5. The van der Waals surface area contributed by atoms with E-state index >= 15 is 0 Å². The second-order valence-electron chi connectivity index (χ2n) is 11.0. The van der Waals surface area contributed by atoms with Crippen molar-refractivity contribution in [3.8, 4) is 10.6 Å². The van der Waals surface area contributed by atoms with Gasteiger partial charge < -0.3 is 10.0 Å². The quantitative estimate of drug-likeness (QED) is 0.429. The van der Waals surface area contributed by atoms with Gasteiger partial charge in [0.15, 0.2) is 6.10 Å². The van der Waals surface area contributed by atoms with Gasteiger partial charge in [-0.2, -0.15) is 0 Å². The molecule has 0 aliphatic carbocycles. The van der Waals surface area contributed by atoms with E-state index in [2.05, 4.69) is 11.6 Å². The molecule has 0 spiro atoms. The fraction of sp³-hybridized carbons (Fsp3) is 0.367. The molecule has 2 aromatic carbocycles. The number of hydrogen-bond acceptors (Lipinski definition) is 5. The molecule has 0 radical (unpaired) electrons. The van der Waals surface area contributed by atoms with E-state index in [1.807, 2.05) is 51.1 Å². The van der Waals surface area contributed by atoms with E-state index in [0.29, 0.717) is 22.7 Å². The molecular weight excluding hydrogens is 504 g/mol. The van der Waals surface area contributed by atoms with Crippen LogP contribution >= 0.6 is 11.3 Å². The molecule has 5 rings (SSSR count). The van der Waals surface area contributed by atoms with Gasteiger partial charge in [-0.05, 0) is 28.7 Å². The molecule has 38 heavy (non-hydrogen) atoms. The van der Waals surface area contributed by atoms with Gasteiger partial charge in [-0.25, -0.2) is 13.8 Å². The predicted octanol–water partition coefficient (Wildman–Crippen LogP) is 5.88. The second-order valence-corrected chi connectivity index (χ2v) is 12.1. The number of amides is 1. The van der Waals surface area contributed by atoms with Crippen LogP contribution in [0.2, 0.25) is 0 Å². The van der Waals surface area contributed by atoms with Crippen LogP contribution in [0, 0.1) is 17.2 Å². The molecule has 1 aromatic heterocycles. The maximum absolute atomic E-state index is 14.8. The van der Waals surface area contributed by atoms with Gasteiger partial charge >= 0.3 is 0 Å². The van der Waals surface area contributed by atoms with Gasteiger partial charge in [0.1, 0.15) is 17.0 Å². The molecule has 0 saturated carbocycles. The van der Waals surface area contributed by atoms with E-state index in [4.69, 9.17) is 4.98 Å². The number of aliphatic imine (C=N–C) groups is 1. The minimum absolute atomic E-state index is 0.0393. The van der Waals surface area contributed by atoms with Crippen molar-refractivity contribution in [2.24, 2.45) is 16.3 Å². The molecular formula is C30H31F2N3O2S. The monoisotopic (exact) mass is 535 g/mol. The van der Waals surface area contributed by atoms with Gasteiger partial charge in [-0.15, -0.1) is 11.3 Å². The van der Waals surface area contributed by atoms with Crippen molar-refractivity contribution < 1.29 is 18.7 Å². The summed E-state index contributed by atoms with van der Waals surface area (Å²) in [6.45, 7) is 9.97. The molecule has 198 valence electrons. The summed E-state index contributed by atoms with van der Waals surface area (Å²) >= 11 is 1.45. The van der Waals surface area contributed by atoms with Crippen molar-refractivity contribution >= 4 is 29.0 Å². The number of fused-ring (bicyclic) bond motifs is 1. The van der Waals surface area contributed by atoms with E-state index in [1.165, 1.54) is 23.5 Å². The standard InChI is InChI=1S/C30H31F2N3O2S/c1-5-18-11-12-19(31)14-20(18)28-34-25(23(38-28)13-17-9-7-6-8-10-17)27(30(2,3)4)35-16-21-22(32)15-33-24(21)26(36)29(35)37/h5-12,14,21-22,26-27,36H,1,13,15-16H2,2-4H3/t21-,22?,26-,27-/m0/s1. The number of halogens is 2. The Bertz CT molecular complexity index is 1400. The third-order valence-electron chi connectivity index (χ3n) is 7.25. The number of thiazole rings is 1. The number of likely N-dealkylation sites (tertiary alicyclic amines) is 1. The van der Waals surface area contributed by atoms with Crippen LogP contribution in [-0.2, 0) is 11.2 Å². The topological polar surface area (TPSA) is 65.8 Å². The van der Waals surface area contributed by atoms with Crippen LogP contribution in [0.25, 0.3) is 16.6 Å². The van der Waals surface area contributed by atoms with Gasteiger partial charge in [0.2, 0.25) is 0 Å². The summed E-state index contributed by atoms with van der Waals surface area (Å²) in [6.07, 6.45) is -0.481. The largest absolute Gasteiger partial charge is 0.377 e. The molecule has 1 amide bonds. The summed E-state index contributed by atoms with van der Waals surface area (Å²) in [6, 6.07) is 13.9. The van der Waals surface area contributed by atoms with E-state index in [-0.39, 0.29) is 24.6 Å². The van der Waals surface area contributed by atoms with Crippen molar-refractivity contribution in [2.75, 3.05) is 13.1 Å². The number of alkyl halides is 1. The number of hydrogen-bond donors (Lipinski definition) is 1. The SMILES string of the molecule is C=Cc1ccc(F)cc1-c1nc([C@H](N2C[C@@H]3C(=NCC3F)[C@H](O)C2=O)C(C)(C)C)c(Cc2ccccc2)s1. The highest BCUT2D eigenvalue weighted by Crippen LogP contribution is 2.45. The van der Waals surface area contributed by atoms with Gasteiger partial charge in [0.05, 0.1) is 29.9 Å². The highest BCUT2D eigenvalue weighted by Gasteiger charge is 2.50. The molecule has 1 fully saturated rings. The van der Waals surface area contributed by atoms with Crippen LogP contribution in [0.15, 0.2) is 60.1 Å². The molecule has 1 N–H and O–H groups in total. The highest BCUT2D eigenvalue weighted by atomic mass is 32.1. The summed E-state index contributed by atoms with van der Waals surface area (Å²) in [5, 5.41) is 11.4. The molecule has 3 aromatic rings. The number of carbonyl (C=O) groups excluding carboxylic acids is 1. The first-order valence-electron chi connectivity index (χ1n) is 12.7. The van der Waals surface area contributed by atoms with Crippen LogP contribution in [0.4, 0.5) is 8.78 Å². The lowest BCUT2D eigenvalue weighted by atomic mass is 9.80. The van der Waals surface area contributed by atoms with Crippen LogP contribution in [0.3, 0.4) is 0 Å². The molecule has 2 aliphatic heterocycles. The Kier molecular flexibility index (Phi) is 7.05. The first-order chi connectivity index (χ1) is 18.1. The number of rotatable bonds is 6. The smallest absolute Gasteiger partial charge is 0.257 e. The van der Waals surface area contributed by atoms with Gasteiger partial charge in [0, 0.05) is 23.4 Å². The third kappa shape index (κ3) is 4.83. The average molecular weight is 536 g/mol. The lowest BCUT2D eigenvalue weighted by Gasteiger charge is -2.44. The number of aliphatic hydroxyl groups excluding tert-OH is 1. The van der Waals surface area contributed by atoms with E-state index in [1.54, 1.807) is 17.0 Å². The Balaban J connectivity index is 1.66. The van der Waals surface area contributed by atoms with Crippen molar-refractivity contribution in [1.82, 2.24) is 9.88 Å². The number of piperidine rings is 1.